The van der Waals surface area contributed by atoms with Crippen molar-refractivity contribution in [3.8, 4) is 11.4 Å². The minimum Gasteiger partial charge on any atom is -0.309 e. The number of nitrogens with zero attached hydrogens (tertiary/aromatic N) is 6. The largest absolute Gasteiger partial charge is 0.309 e. The molecule has 0 saturated heterocycles. The second-order valence-electron chi connectivity index (χ2n) is 6.14. The van der Waals surface area contributed by atoms with E-state index in [1.54, 1.807) is 11.7 Å². The third-order valence-electron chi connectivity index (χ3n) is 4.09. The first-order valence-electron chi connectivity index (χ1n) is 8.07. The normalized spacial score (nSPS) is 13.8. The number of benzene rings is 1. The highest BCUT2D eigenvalue weighted by Crippen LogP contribution is 2.39. The number of hydrogen-bond donors (Lipinski definition) is 1. The Morgan fingerprint density at radius 1 is 1.27 bits per heavy atom. The quantitative estimate of drug-likeness (QED) is 0.751. The van der Waals surface area contributed by atoms with Crippen LogP contribution in [0.15, 0.2) is 24.3 Å². The molecule has 1 aliphatic carbocycles. The Balaban J connectivity index is 1.46. The number of rotatable bonds is 5. The number of halogens is 2. The van der Waals surface area contributed by atoms with Gasteiger partial charge in [-0.15, -0.1) is 10.2 Å². The number of aryl methyl sites for hydroxylation is 1. The molecular formula is C16H15F2N7O. The Morgan fingerprint density at radius 2 is 2.00 bits per heavy atom. The molecule has 8 nitrogen and oxygen atoms in total. The number of aromatic nitrogens is 6. The Labute approximate surface area is 146 Å². The van der Waals surface area contributed by atoms with Crippen molar-refractivity contribution in [1.29, 1.82) is 0 Å². The molecule has 1 fully saturated rings. The van der Waals surface area contributed by atoms with E-state index in [2.05, 4.69) is 25.8 Å². The van der Waals surface area contributed by atoms with E-state index >= 15 is 0 Å². The summed E-state index contributed by atoms with van der Waals surface area (Å²) >= 11 is 0. The van der Waals surface area contributed by atoms with Gasteiger partial charge in [-0.3, -0.25) is 9.48 Å². The number of tetrazole rings is 1. The second kappa shape index (κ2) is 6.28. The highest BCUT2D eigenvalue weighted by atomic mass is 19.1. The van der Waals surface area contributed by atoms with Crippen LogP contribution in [0.4, 0.5) is 14.6 Å². The third kappa shape index (κ3) is 3.17. The van der Waals surface area contributed by atoms with Crippen molar-refractivity contribution in [2.24, 2.45) is 7.05 Å². The maximum Gasteiger partial charge on any atom is 0.249 e. The van der Waals surface area contributed by atoms with Gasteiger partial charge in [0.2, 0.25) is 11.7 Å². The molecule has 1 amide bonds. The molecule has 0 spiro atoms. The molecule has 2 aromatic heterocycles. The van der Waals surface area contributed by atoms with E-state index in [1.807, 2.05) is 6.07 Å². The van der Waals surface area contributed by atoms with Crippen LogP contribution in [-0.2, 0) is 18.4 Å². The fourth-order valence-corrected chi connectivity index (χ4v) is 2.62. The lowest BCUT2D eigenvalue weighted by molar-refractivity contribution is -0.117. The lowest BCUT2D eigenvalue weighted by Crippen LogP contribution is -2.21. The molecule has 1 aromatic carbocycles. The maximum absolute atomic E-state index is 13.8. The Hall–Kier alpha value is -3.17. The van der Waals surface area contributed by atoms with Crippen LogP contribution in [0.2, 0.25) is 0 Å². The topological polar surface area (TPSA) is 90.5 Å². The number of anilines is 1. The predicted molar refractivity (Wildman–Crippen MR) is 87.0 cm³/mol. The van der Waals surface area contributed by atoms with Gasteiger partial charge in [-0.05, 0) is 30.2 Å². The van der Waals surface area contributed by atoms with Crippen LogP contribution in [0.1, 0.15) is 24.5 Å². The van der Waals surface area contributed by atoms with Crippen LogP contribution in [0.5, 0.6) is 0 Å². The summed E-state index contributed by atoms with van der Waals surface area (Å²) in [5.74, 6) is -1.16. The van der Waals surface area contributed by atoms with Crippen molar-refractivity contribution in [3.63, 3.8) is 0 Å². The van der Waals surface area contributed by atoms with Gasteiger partial charge in [-0.2, -0.15) is 9.90 Å². The molecule has 3 aromatic rings. The molecule has 1 saturated carbocycles. The van der Waals surface area contributed by atoms with Crippen LogP contribution >= 0.6 is 0 Å². The van der Waals surface area contributed by atoms with E-state index in [1.165, 1.54) is 6.07 Å². The van der Waals surface area contributed by atoms with Gasteiger partial charge in [0, 0.05) is 19.0 Å². The van der Waals surface area contributed by atoms with Crippen LogP contribution in [0.25, 0.3) is 11.4 Å². The van der Waals surface area contributed by atoms with Crippen LogP contribution < -0.4 is 5.32 Å². The monoisotopic (exact) mass is 359 g/mol. The van der Waals surface area contributed by atoms with Crippen molar-refractivity contribution < 1.29 is 13.6 Å². The fraction of sp³-hybridized carbons (Fsp3) is 0.312. The van der Waals surface area contributed by atoms with Crippen LogP contribution in [0, 0.1) is 11.6 Å². The van der Waals surface area contributed by atoms with E-state index in [0.29, 0.717) is 11.7 Å². The van der Waals surface area contributed by atoms with Gasteiger partial charge in [0.1, 0.15) is 24.0 Å². The molecule has 0 radical (unpaired) electrons. The average Bonchev–Trinajstić information content (AvgIpc) is 3.24. The lowest BCUT2D eigenvalue weighted by Gasteiger charge is -2.03. The summed E-state index contributed by atoms with van der Waals surface area (Å²) in [4.78, 5) is 13.2. The lowest BCUT2D eigenvalue weighted by atomic mass is 10.2. The third-order valence-corrected chi connectivity index (χ3v) is 4.09. The zero-order valence-corrected chi connectivity index (χ0v) is 13.9. The summed E-state index contributed by atoms with van der Waals surface area (Å²) in [6.45, 7) is -0.243. The zero-order valence-electron chi connectivity index (χ0n) is 13.9. The highest BCUT2D eigenvalue weighted by Gasteiger charge is 2.27. The average molecular weight is 359 g/mol. The summed E-state index contributed by atoms with van der Waals surface area (Å²) in [7, 11) is 1.74. The number of carbonyl (C=O) groups is 1. The minimum atomic E-state index is -0.795. The van der Waals surface area contributed by atoms with Gasteiger partial charge in [-0.25, -0.2) is 8.78 Å². The number of amides is 1. The Bertz CT molecular complexity index is 957. The number of carbonyl (C=O) groups excluding carboxylic acids is 1. The van der Waals surface area contributed by atoms with Gasteiger partial charge in [0.25, 0.3) is 0 Å². The minimum absolute atomic E-state index is 0.218. The molecule has 10 heteroatoms. The molecule has 4 rings (SSSR count). The van der Waals surface area contributed by atoms with E-state index in [-0.39, 0.29) is 17.9 Å². The van der Waals surface area contributed by atoms with Crippen molar-refractivity contribution in [2.75, 3.05) is 5.32 Å². The molecule has 0 atom stereocenters. The summed E-state index contributed by atoms with van der Waals surface area (Å²) in [6.07, 6.45) is 2.23. The molecule has 2 heterocycles. The fourth-order valence-electron chi connectivity index (χ4n) is 2.62. The molecule has 1 N–H and O–H groups in total. The zero-order chi connectivity index (χ0) is 18.3. The van der Waals surface area contributed by atoms with Gasteiger partial charge >= 0.3 is 0 Å². The molecule has 0 aliphatic heterocycles. The number of hydrogen-bond acceptors (Lipinski definition) is 5. The summed E-state index contributed by atoms with van der Waals surface area (Å²) < 4.78 is 29.1. The molecule has 26 heavy (non-hydrogen) atoms. The van der Waals surface area contributed by atoms with Crippen molar-refractivity contribution in [3.05, 3.63) is 41.6 Å². The van der Waals surface area contributed by atoms with E-state index in [9.17, 15) is 13.6 Å². The van der Waals surface area contributed by atoms with E-state index in [4.69, 9.17) is 0 Å². The standard InChI is InChI=1S/C16H15F2N7O/c1-24-13(7-12(21-24)9-5-6-9)19-14(26)8-25-22-16(20-23-25)15-10(17)3-2-4-11(15)18/h2-4,7,9H,5-6,8H2,1H3,(H,19,26). The first-order chi connectivity index (χ1) is 12.5. The first-order valence-corrected chi connectivity index (χ1v) is 8.07. The summed E-state index contributed by atoms with van der Waals surface area (Å²) in [6, 6.07) is 5.29. The van der Waals surface area contributed by atoms with Gasteiger partial charge in [0.05, 0.1) is 11.3 Å². The van der Waals surface area contributed by atoms with Crippen molar-refractivity contribution in [1.82, 2.24) is 30.0 Å². The molecule has 0 bridgehead atoms. The van der Waals surface area contributed by atoms with Crippen molar-refractivity contribution in [2.45, 2.75) is 25.3 Å². The first kappa shape index (κ1) is 16.3. The molecule has 134 valence electrons. The Morgan fingerprint density at radius 3 is 2.69 bits per heavy atom. The maximum atomic E-state index is 13.8. The molecular weight excluding hydrogens is 344 g/mol. The van der Waals surface area contributed by atoms with Gasteiger partial charge in [-0.1, -0.05) is 6.07 Å². The van der Waals surface area contributed by atoms with E-state index in [0.717, 1.165) is 35.5 Å². The summed E-state index contributed by atoms with van der Waals surface area (Å²) in [5, 5.41) is 18.3. The summed E-state index contributed by atoms with van der Waals surface area (Å²) in [5.41, 5.74) is 0.582. The molecule has 1 aliphatic rings. The molecule has 0 unspecified atom stereocenters. The highest BCUT2D eigenvalue weighted by molar-refractivity contribution is 5.89. The van der Waals surface area contributed by atoms with Crippen LogP contribution in [-0.4, -0.2) is 35.9 Å². The smallest absolute Gasteiger partial charge is 0.249 e. The second-order valence-corrected chi connectivity index (χ2v) is 6.14. The predicted octanol–water partition coefficient (Wildman–Crippen LogP) is 1.87. The Kier molecular flexibility index (Phi) is 3.94. The van der Waals surface area contributed by atoms with Crippen LogP contribution in [0.3, 0.4) is 0 Å². The van der Waals surface area contributed by atoms with Gasteiger partial charge in [0.15, 0.2) is 0 Å². The number of nitrogens with one attached hydrogen (secondary N) is 1. The van der Waals surface area contributed by atoms with Gasteiger partial charge < -0.3 is 5.32 Å². The van der Waals surface area contributed by atoms with Crippen molar-refractivity contribution >= 4 is 11.7 Å². The van der Waals surface area contributed by atoms with E-state index < -0.39 is 17.5 Å². The SMILES string of the molecule is Cn1nc(C2CC2)cc1NC(=O)Cn1nnc(-c2c(F)cccc2F)n1.